The average Bonchev–Trinajstić information content (AvgIpc) is 2.49. The van der Waals surface area contributed by atoms with Crippen LogP contribution in [0.2, 0.25) is 0 Å². The molecule has 0 fully saturated rings. The SMILES string of the molecule is CCOc1cc(/C=C(\C#N)C(=O)O[C@@H](C)COC)cc(Br)c1O. The van der Waals surface area contributed by atoms with Crippen molar-refractivity contribution >= 4 is 28.0 Å². The predicted octanol–water partition coefficient (Wildman–Crippen LogP) is 3.04. The van der Waals surface area contributed by atoms with E-state index in [4.69, 9.17) is 19.5 Å². The van der Waals surface area contributed by atoms with E-state index in [0.29, 0.717) is 16.6 Å². The third-order valence-corrected chi connectivity index (χ3v) is 3.32. The minimum atomic E-state index is -0.737. The molecular weight excluding hydrogens is 366 g/mol. The summed E-state index contributed by atoms with van der Waals surface area (Å²) < 4.78 is 15.7. The summed E-state index contributed by atoms with van der Waals surface area (Å²) in [7, 11) is 1.49. The van der Waals surface area contributed by atoms with Gasteiger partial charge in [-0.05, 0) is 53.5 Å². The van der Waals surface area contributed by atoms with Crippen molar-refractivity contribution in [3.8, 4) is 17.6 Å². The van der Waals surface area contributed by atoms with Crippen LogP contribution in [-0.2, 0) is 14.3 Å². The van der Waals surface area contributed by atoms with Gasteiger partial charge in [0.15, 0.2) is 11.5 Å². The van der Waals surface area contributed by atoms with Crippen LogP contribution < -0.4 is 4.74 Å². The highest BCUT2D eigenvalue weighted by Crippen LogP contribution is 2.36. The Hall–Kier alpha value is -2.04. The van der Waals surface area contributed by atoms with Crippen molar-refractivity contribution in [2.75, 3.05) is 20.3 Å². The number of hydrogen-bond acceptors (Lipinski definition) is 6. The molecule has 0 aliphatic carbocycles. The second-order valence-corrected chi connectivity index (χ2v) is 5.48. The van der Waals surface area contributed by atoms with Gasteiger partial charge in [-0.2, -0.15) is 5.26 Å². The fourth-order valence-electron chi connectivity index (χ4n) is 1.76. The molecule has 124 valence electrons. The minimum Gasteiger partial charge on any atom is -0.503 e. The van der Waals surface area contributed by atoms with Crippen LogP contribution in [-0.4, -0.2) is 37.5 Å². The average molecular weight is 384 g/mol. The van der Waals surface area contributed by atoms with Crippen molar-refractivity contribution in [1.29, 1.82) is 5.26 Å². The predicted molar refractivity (Wildman–Crippen MR) is 88.0 cm³/mol. The van der Waals surface area contributed by atoms with E-state index in [0.717, 1.165) is 0 Å². The molecule has 1 N–H and O–H groups in total. The van der Waals surface area contributed by atoms with E-state index in [-0.39, 0.29) is 23.7 Å². The number of esters is 1. The summed E-state index contributed by atoms with van der Waals surface area (Å²) in [6.45, 7) is 4.06. The molecule has 23 heavy (non-hydrogen) atoms. The number of rotatable bonds is 7. The first kappa shape index (κ1) is 19.0. The summed E-state index contributed by atoms with van der Waals surface area (Å²) in [4.78, 5) is 12.0. The van der Waals surface area contributed by atoms with Crippen molar-refractivity contribution in [2.24, 2.45) is 0 Å². The van der Waals surface area contributed by atoms with Gasteiger partial charge in [-0.25, -0.2) is 4.79 Å². The molecule has 6 nitrogen and oxygen atoms in total. The number of nitrogens with zero attached hydrogens (tertiary/aromatic N) is 1. The summed E-state index contributed by atoms with van der Waals surface area (Å²) in [5.74, 6) is -0.524. The van der Waals surface area contributed by atoms with E-state index in [1.54, 1.807) is 19.9 Å². The third-order valence-electron chi connectivity index (χ3n) is 2.71. The zero-order chi connectivity index (χ0) is 17.4. The summed E-state index contributed by atoms with van der Waals surface area (Å²) in [5.41, 5.74) is 0.360. The fourth-order valence-corrected chi connectivity index (χ4v) is 2.22. The van der Waals surface area contributed by atoms with Gasteiger partial charge < -0.3 is 19.3 Å². The molecule has 0 spiro atoms. The van der Waals surface area contributed by atoms with Crippen LogP contribution in [0.15, 0.2) is 22.2 Å². The second-order valence-electron chi connectivity index (χ2n) is 4.62. The summed E-state index contributed by atoms with van der Waals surface area (Å²) >= 11 is 3.20. The van der Waals surface area contributed by atoms with Gasteiger partial charge in [-0.3, -0.25) is 0 Å². The van der Waals surface area contributed by atoms with Gasteiger partial charge >= 0.3 is 5.97 Å². The normalized spacial score (nSPS) is 12.4. The van der Waals surface area contributed by atoms with Gasteiger partial charge in [0, 0.05) is 7.11 Å². The lowest BCUT2D eigenvalue weighted by Gasteiger charge is -2.12. The van der Waals surface area contributed by atoms with E-state index in [9.17, 15) is 9.90 Å². The van der Waals surface area contributed by atoms with Crippen LogP contribution >= 0.6 is 15.9 Å². The Bertz CT molecular complexity index is 636. The number of benzene rings is 1. The first-order valence-corrected chi connectivity index (χ1v) is 7.69. The zero-order valence-corrected chi connectivity index (χ0v) is 14.7. The van der Waals surface area contributed by atoms with E-state index in [1.165, 1.54) is 19.3 Å². The molecule has 0 radical (unpaired) electrons. The molecule has 0 unspecified atom stereocenters. The van der Waals surface area contributed by atoms with Crippen molar-refractivity contribution in [3.63, 3.8) is 0 Å². The molecule has 0 aliphatic heterocycles. The molecule has 0 heterocycles. The number of hydrogen-bond donors (Lipinski definition) is 1. The molecule has 7 heteroatoms. The van der Waals surface area contributed by atoms with Gasteiger partial charge in [-0.1, -0.05) is 0 Å². The number of carbonyl (C=O) groups is 1. The molecule has 0 aliphatic rings. The maximum absolute atomic E-state index is 12.0. The number of phenols is 1. The molecule has 1 rings (SSSR count). The van der Waals surface area contributed by atoms with Crippen molar-refractivity contribution < 1.29 is 24.1 Å². The molecule has 1 aromatic carbocycles. The lowest BCUT2D eigenvalue weighted by Crippen LogP contribution is -2.20. The summed E-state index contributed by atoms with van der Waals surface area (Å²) in [5, 5.41) is 19.0. The molecule has 0 aromatic heterocycles. The molecule has 0 saturated heterocycles. The minimum absolute atomic E-state index is 0.0428. The van der Waals surface area contributed by atoms with Crippen LogP contribution in [0.3, 0.4) is 0 Å². The summed E-state index contributed by atoms with van der Waals surface area (Å²) in [6, 6.07) is 4.92. The maximum Gasteiger partial charge on any atom is 0.349 e. The van der Waals surface area contributed by atoms with Crippen LogP contribution in [0.5, 0.6) is 11.5 Å². The standard InChI is InChI=1S/C16H18BrNO5/c1-4-22-14-7-11(6-13(17)15(14)19)5-12(8-18)16(20)23-10(2)9-21-3/h5-7,10,19H,4,9H2,1-3H3/b12-5+/t10-/m0/s1. The van der Waals surface area contributed by atoms with Gasteiger partial charge in [0.05, 0.1) is 17.7 Å². The van der Waals surface area contributed by atoms with Crippen LogP contribution in [0.1, 0.15) is 19.4 Å². The van der Waals surface area contributed by atoms with Gasteiger partial charge in [0.1, 0.15) is 17.7 Å². The number of ether oxygens (including phenoxy) is 3. The molecule has 1 atom stereocenters. The third kappa shape index (κ3) is 5.58. The quantitative estimate of drug-likeness (QED) is 0.442. The number of aromatic hydroxyl groups is 1. The Balaban J connectivity index is 3.07. The smallest absolute Gasteiger partial charge is 0.349 e. The molecular formula is C16H18BrNO5. The number of halogens is 1. The first-order valence-electron chi connectivity index (χ1n) is 6.89. The molecule has 0 bridgehead atoms. The van der Waals surface area contributed by atoms with E-state index >= 15 is 0 Å². The maximum atomic E-state index is 12.0. The van der Waals surface area contributed by atoms with Gasteiger partial charge in [0.2, 0.25) is 0 Å². The van der Waals surface area contributed by atoms with Gasteiger partial charge in [-0.15, -0.1) is 0 Å². The van der Waals surface area contributed by atoms with Crippen molar-refractivity contribution in [2.45, 2.75) is 20.0 Å². The highest BCUT2D eigenvalue weighted by atomic mass is 79.9. The largest absolute Gasteiger partial charge is 0.503 e. The van der Waals surface area contributed by atoms with Crippen molar-refractivity contribution in [1.82, 2.24) is 0 Å². The number of methoxy groups -OCH3 is 1. The Labute approximate surface area is 143 Å². The fraction of sp³-hybridized carbons (Fsp3) is 0.375. The number of nitriles is 1. The Morgan fingerprint density at radius 1 is 1.52 bits per heavy atom. The van der Waals surface area contributed by atoms with Crippen molar-refractivity contribution in [3.05, 3.63) is 27.7 Å². The second kappa shape index (κ2) is 9.18. The van der Waals surface area contributed by atoms with Crippen LogP contribution in [0, 0.1) is 11.3 Å². The lowest BCUT2D eigenvalue weighted by atomic mass is 10.1. The Kier molecular flexibility index (Phi) is 7.59. The summed E-state index contributed by atoms with van der Waals surface area (Å²) in [6.07, 6.45) is 0.906. The monoisotopic (exact) mass is 383 g/mol. The van der Waals surface area contributed by atoms with E-state index in [2.05, 4.69) is 15.9 Å². The lowest BCUT2D eigenvalue weighted by molar-refractivity contribution is -0.145. The molecule has 0 amide bonds. The molecule has 1 aromatic rings. The first-order chi connectivity index (χ1) is 10.9. The molecule has 0 saturated carbocycles. The van der Waals surface area contributed by atoms with E-state index in [1.807, 2.05) is 6.07 Å². The van der Waals surface area contributed by atoms with Gasteiger partial charge in [0.25, 0.3) is 0 Å². The van der Waals surface area contributed by atoms with E-state index < -0.39 is 12.1 Å². The highest BCUT2D eigenvalue weighted by molar-refractivity contribution is 9.10. The van der Waals surface area contributed by atoms with Crippen LogP contribution in [0.4, 0.5) is 0 Å². The highest BCUT2D eigenvalue weighted by Gasteiger charge is 2.16. The Morgan fingerprint density at radius 2 is 2.22 bits per heavy atom. The van der Waals surface area contributed by atoms with Crippen LogP contribution in [0.25, 0.3) is 6.08 Å². The zero-order valence-electron chi connectivity index (χ0n) is 13.1. The topological polar surface area (TPSA) is 88.8 Å². The Morgan fingerprint density at radius 3 is 2.78 bits per heavy atom. The number of carbonyl (C=O) groups excluding carboxylic acids is 1. The number of phenolic OH excluding ortho intramolecular Hbond substituents is 1.